The van der Waals surface area contributed by atoms with Gasteiger partial charge in [0.1, 0.15) is 0 Å². The van der Waals surface area contributed by atoms with E-state index in [0.29, 0.717) is 46.6 Å². The van der Waals surface area contributed by atoms with E-state index in [-0.39, 0.29) is 17.3 Å². The number of hydrogen-bond acceptors (Lipinski definition) is 6. The van der Waals surface area contributed by atoms with Crippen LogP contribution in [0.4, 0.5) is 4.79 Å². The summed E-state index contributed by atoms with van der Waals surface area (Å²) < 4.78 is 16.0. The summed E-state index contributed by atoms with van der Waals surface area (Å²) >= 11 is 7.22. The molecule has 0 radical (unpaired) electrons. The van der Waals surface area contributed by atoms with Crippen LogP contribution in [-0.4, -0.2) is 49.5 Å². The number of carbonyl (C=O) groups is 2. The van der Waals surface area contributed by atoms with Gasteiger partial charge in [0.25, 0.3) is 11.1 Å². The second kappa shape index (κ2) is 9.30. The largest absolute Gasteiger partial charge is 0.493 e. The molecule has 6 nitrogen and oxygen atoms in total. The molecule has 0 saturated carbocycles. The van der Waals surface area contributed by atoms with E-state index in [9.17, 15) is 9.59 Å². The third-order valence-electron chi connectivity index (χ3n) is 3.51. The van der Waals surface area contributed by atoms with Gasteiger partial charge < -0.3 is 14.2 Å². The highest BCUT2D eigenvalue weighted by Crippen LogP contribution is 2.39. The van der Waals surface area contributed by atoms with Crippen molar-refractivity contribution in [3.8, 4) is 11.5 Å². The highest BCUT2D eigenvalue weighted by atomic mass is 35.5. The first kappa shape index (κ1) is 20.6. The van der Waals surface area contributed by atoms with E-state index >= 15 is 0 Å². The molecular formula is C18H22ClNO5S. The molecule has 1 heterocycles. The Labute approximate surface area is 162 Å². The number of hydrogen-bond donors (Lipinski definition) is 0. The molecule has 2 amide bonds. The first-order valence-electron chi connectivity index (χ1n) is 8.15. The zero-order valence-corrected chi connectivity index (χ0v) is 16.8. The smallest absolute Gasteiger partial charge is 0.293 e. The molecule has 0 aromatic heterocycles. The van der Waals surface area contributed by atoms with Crippen LogP contribution in [0.5, 0.6) is 11.5 Å². The highest BCUT2D eigenvalue weighted by Gasteiger charge is 2.34. The van der Waals surface area contributed by atoms with Crippen LogP contribution in [0.1, 0.15) is 25.8 Å². The van der Waals surface area contributed by atoms with Gasteiger partial charge in [-0.3, -0.25) is 14.5 Å². The summed E-state index contributed by atoms with van der Waals surface area (Å²) in [6.45, 7) is 4.61. The fraction of sp³-hybridized carbons (Fsp3) is 0.444. The number of rotatable bonds is 8. The molecule has 0 spiro atoms. The Kier molecular flexibility index (Phi) is 7.37. The van der Waals surface area contributed by atoms with Crippen LogP contribution in [0.15, 0.2) is 17.0 Å². The minimum Gasteiger partial charge on any atom is -0.493 e. The van der Waals surface area contributed by atoms with Gasteiger partial charge in [-0.15, -0.1) is 0 Å². The highest BCUT2D eigenvalue weighted by molar-refractivity contribution is 8.18. The van der Waals surface area contributed by atoms with E-state index in [4.69, 9.17) is 25.8 Å². The molecule has 142 valence electrons. The second-order valence-corrected chi connectivity index (χ2v) is 7.28. The van der Waals surface area contributed by atoms with Crippen molar-refractivity contribution in [2.24, 2.45) is 0 Å². The van der Waals surface area contributed by atoms with Gasteiger partial charge in [-0.1, -0.05) is 11.6 Å². The molecule has 0 bridgehead atoms. The summed E-state index contributed by atoms with van der Waals surface area (Å²) in [7, 11) is 3.10. The molecule has 0 N–H and O–H groups in total. The Bertz CT molecular complexity index is 720. The molecule has 0 aliphatic carbocycles. The molecule has 8 heteroatoms. The predicted octanol–water partition coefficient (Wildman–Crippen LogP) is 4.21. The summed E-state index contributed by atoms with van der Waals surface area (Å²) in [5, 5.41) is 0.0961. The summed E-state index contributed by atoms with van der Waals surface area (Å²) in [4.78, 5) is 26.1. The Balaban J connectivity index is 2.25. The molecule has 1 fully saturated rings. The lowest BCUT2D eigenvalue weighted by atomic mass is 10.1. The molecule has 26 heavy (non-hydrogen) atoms. The summed E-state index contributed by atoms with van der Waals surface area (Å²) in [5.41, 5.74) is 0.658. The average molecular weight is 400 g/mol. The number of imide groups is 1. The maximum absolute atomic E-state index is 12.5. The van der Waals surface area contributed by atoms with E-state index in [2.05, 4.69) is 0 Å². The number of halogens is 1. The quantitative estimate of drug-likeness (QED) is 0.482. The van der Waals surface area contributed by atoms with Crippen LogP contribution in [-0.2, 0) is 9.53 Å². The number of nitrogens with zero attached hydrogens (tertiary/aromatic N) is 1. The fourth-order valence-electron chi connectivity index (χ4n) is 2.38. The monoisotopic (exact) mass is 399 g/mol. The Morgan fingerprint density at radius 2 is 2.00 bits per heavy atom. The van der Waals surface area contributed by atoms with Gasteiger partial charge in [-0.2, -0.15) is 0 Å². The molecule has 1 aliphatic rings. The number of ether oxygens (including phenoxy) is 3. The molecule has 0 unspecified atom stereocenters. The number of amides is 2. The van der Waals surface area contributed by atoms with E-state index in [1.54, 1.807) is 25.3 Å². The van der Waals surface area contributed by atoms with Crippen LogP contribution >= 0.6 is 23.4 Å². The van der Waals surface area contributed by atoms with Crippen molar-refractivity contribution < 1.29 is 23.8 Å². The SMILES string of the molecule is COCCCN1C(=O)S/C(=C/c2cc(Cl)c(OC(C)C)c(OC)c2)C1=O. The van der Waals surface area contributed by atoms with Gasteiger partial charge in [0.15, 0.2) is 11.5 Å². The molecule has 1 saturated heterocycles. The Morgan fingerprint density at radius 1 is 1.27 bits per heavy atom. The van der Waals surface area contributed by atoms with Crippen LogP contribution in [0, 0.1) is 0 Å². The maximum atomic E-state index is 12.5. The molecule has 1 aromatic rings. The Morgan fingerprint density at radius 3 is 2.62 bits per heavy atom. The fourth-order valence-corrected chi connectivity index (χ4v) is 3.51. The van der Waals surface area contributed by atoms with Gasteiger partial charge in [0.2, 0.25) is 0 Å². The molecular weight excluding hydrogens is 378 g/mol. The lowest BCUT2D eigenvalue weighted by molar-refractivity contribution is -0.122. The van der Waals surface area contributed by atoms with Crippen molar-refractivity contribution in [1.29, 1.82) is 0 Å². The van der Waals surface area contributed by atoms with Crippen LogP contribution in [0.25, 0.3) is 6.08 Å². The van der Waals surface area contributed by atoms with E-state index in [1.165, 1.54) is 12.0 Å². The van der Waals surface area contributed by atoms with Crippen molar-refractivity contribution in [3.63, 3.8) is 0 Å². The number of benzene rings is 1. The minimum atomic E-state index is -0.311. The predicted molar refractivity (Wildman–Crippen MR) is 103 cm³/mol. The molecule has 1 aromatic carbocycles. The van der Waals surface area contributed by atoms with Crippen molar-refractivity contribution in [2.45, 2.75) is 26.4 Å². The lowest BCUT2D eigenvalue weighted by Crippen LogP contribution is -2.29. The third-order valence-corrected chi connectivity index (χ3v) is 4.70. The maximum Gasteiger partial charge on any atom is 0.293 e. The zero-order chi connectivity index (χ0) is 19.3. The first-order valence-corrected chi connectivity index (χ1v) is 9.35. The third kappa shape index (κ3) is 4.93. The number of carbonyl (C=O) groups excluding carboxylic acids is 2. The van der Waals surface area contributed by atoms with Crippen LogP contribution < -0.4 is 9.47 Å². The van der Waals surface area contributed by atoms with E-state index in [1.807, 2.05) is 13.8 Å². The first-order chi connectivity index (χ1) is 12.4. The normalized spacial score (nSPS) is 16.1. The molecule has 1 aliphatic heterocycles. The summed E-state index contributed by atoms with van der Waals surface area (Å²) in [5.74, 6) is 0.611. The summed E-state index contributed by atoms with van der Waals surface area (Å²) in [6, 6.07) is 3.41. The van der Waals surface area contributed by atoms with Gasteiger partial charge in [-0.25, -0.2) is 0 Å². The van der Waals surface area contributed by atoms with Crippen molar-refractivity contribution in [2.75, 3.05) is 27.4 Å². The number of thioether (sulfide) groups is 1. The average Bonchev–Trinajstić information content (AvgIpc) is 2.84. The Hall–Kier alpha value is -1.70. The minimum absolute atomic E-state index is 0.0594. The number of methoxy groups -OCH3 is 2. The van der Waals surface area contributed by atoms with Crippen molar-refractivity contribution in [3.05, 3.63) is 27.6 Å². The van der Waals surface area contributed by atoms with Gasteiger partial charge in [-0.05, 0) is 55.8 Å². The zero-order valence-electron chi connectivity index (χ0n) is 15.2. The molecule has 0 atom stereocenters. The van der Waals surface area contributed by atoms with E-state index in [0.717, 1.165) is 11.8 Å². The van der Waals surface area contributed by atoms with Crippen LogP contribution in [0.3, 0.4) is 0 Å². The van der Waals surface area contributed by atoms with Crippen molar-refractivity contribution >= 4 is 40.6 Å². The van der Waals surface area contributed by atoms with E-state index < -0.39 is 0 Å². The second-order valence-electron chi connectivity index (χ2n) is 5.88. The summed E-state index contributed by atoms with van der Waals surface area (Å²) in [6.07, 6.45) is 2.17. The molecule has 2 rings (SSSR count). The standard InChI is InChI=1S/C18H22ClNO5S/c1-11(2)25-16-13(19)8-12(9-14(16)24-4)10-15-17(21)20(18(22)26-15)6-5-7-23-3/h8-11H,5-7H2,1-4H3/b15-10+. The van der Waals surface area contributed by atoms with Gasteiger partial charge in [0.05, 0.1) is 23.1 Å². The van der Waals surface area contributed by atoms with Gasteiger partial charge >= 0.3 is 0 Å². The van der Waals surface area contributed by atoms with Crippen LogP contribution in [0.2, 0.25) is 5.02 Å². The lowest BCUT2D eigenvalue weighted by Gasteiger charge is -2.15. The topological polar surface area (TPSA) is 65.1 Å². The van der Waals surface area contributed by atoms with Crippen molar-refractivity contribution in [1.82, 2.24) is 4.90 Å². The van der Waals surface area contributed by atoms with Gasteiger partial charge in [0, 0.05) is 20.3 Å².